The number of halogens is 3. The highest BCUT2D eigenvalue weighted by Gasteiger charge is 2.16. The third kappa shape index (κ3) is 4.11. The third-order valence-electron chi connectivity index (χ3n) is 4.02. The predicted octanol–water partition coefficient (Wildman–Crippen LogP) is 5.87. The van der Waals surface area contributed by atoms with Crippen LogP contribution in [0.4, 0.5) is 5.69 Å². The Kier molecular flexibility index (Phi) is 5.70. The monoisotopic (exact) mass is 451 g/mol. The summed E-state index contributed by atoms with van der Waals surface area (Å²) >= 11 is 15.4. The Morgan fingerprint density at radius 1 is 1.15 bits per heavy atom. The second-order valence-electron chi connectivity index (χ2n) is 5.92. The van der Waals surface area contributed by atoms with E-state index in [0.29, 0.717) is 22.2 Å². The van der Waals surface area contributed by atoms with Crippen LogP contribution in [0.2, 0.25) is 10.0 Å². The lowest BCUT2D eigenvalue weighted by Gasteiger charge is -2.08. The van der Waals surface area contributed by atoms with Gasteiger partial charge in [-0.2, -0.15) is 5.10 Å². The number of nitrogens with one attached hydrogen (secondary N) is 1. The van der Waals surface area contributed by atoms with E-state index in [-0.39, 0.29) is 5.91 Å². The van der Waals surface area contributed by atoms with Crippen LogP contribution in [0.1, 0.15) is 27.3 Å². The van der Waals surface area contributed by atoms with Crippen LogP contribution in [-0.4, -0.2) is 15.7 Å². The van der Waals surface area contributed by atoms with Crippen LogP contribution in [0, 0.1) is 13.8 Å². The van der Waals surface area contributed by atoms with Gasteiger partial charge in [0, 0.05) is 10.0 Å². The normalized spacial score (nSPS) is 10.8. The van der Waals surface area contributed by atoms with Crippen molar-refractivity contribution in [3.63, 3.8) is 0 Å². The van der Waals surface area contributed by atoms with E-state index in [4.69, 9.17) is 23.2 Å². The minimum atomic E-state index is -0.174. The molecule has 1 N–H and O–H groups in total. The molecule has 1 amide bonds. The summed E-state index contributed by atoms with van der Waals surface area (Å²) in [6, 6.07) is 12.7. The first-order valence-corrected chi connectivity index (χ1v) is 9.45. The van der Waals surface area contributed by atoms with E-state index in [1.807, 2.05) is 42.8 Å². The van der Waals surface area contributed by atoms with Crippen molar-refractivity contribution in [2.24, 2.45) is 0 Å². The summed E-state index contributed by atoms with van der Waals surface area (Å²) < 4.78 is 2.69. The number of hydrogen-bond acceptors (Lipinski definition) is 2. The summed E-state index contributed by atoms with van der Waals surface area (Å²) in [6.07, 6.45) is 0. The minimum Gasteiger partial charge on any atom is -0.319 e. The zero-order valence-corrected chi connectivity index (χ0v) is 17.3. The molecule has 0 radical (unpaired) electrons. The third-order valence-corrected chi connectivity index (χ3v) is 5.26. The van der Waals surface area contributed by atoms with Gasteiger partial charge in [-0.25, -0.2) is 0 Å². The molecule has 0 aliphatic carbocycles. The van der Waals surface area contributed by atoms with Crippen molar-refractivity contribution in [1.82, 2.24) is 9.78 Å². The van der Waals surface area contributed by atoms with Crippen molar-refractivity contribution >= 4 is 50.7 Å². The van der Waals surface area contributed by atoms with E-state index in [2.05, 4.69) is 26.3 Å². The van der Waals surface area contributed by atoms with E-state index >= 15 is 0 Å². The van der Waals surface area contributed by atoms with Gasteiger partial charge < -0.3 is 5.32 Å². The van der Waals surface area contributed by atoms with Crippen LogP contribution < -0.4 is 5.32 Å². The molecular weight excluding hydrogens is 437 g/mol. The summed E-state index contributed by atoms with van der Waals surface area (Å²) in [5.41, 5.74) is 3.91. The summed E-state index contributed by atoms with van der Waals surface area (Å²) in [7, 11) is 0. The largest absolute Gasteiger partial charge is 0.319 e. The first-order chi connectivity index (χ1) is 12.3. The fraction of sp³-hybridized carbons (Fsp3) is 0.158. The number of benzene rings is 2. The number of aryl methyl sites for hydroxylation is 1. The SMILES string of the molecule is Cc1nn(Cc2ccc(Cl)c(Cl)c2)c(C)c1NC(=O)c1cccc(Br)c1. The average molecular weight is 453 g/mol. The predicted molar refractivity (Wildman–Crippen MR) is 109 cm³/mol. The summed E-state index contributed by atoms with van der Waals surface area (Å²) in [4.78, 5) is 12.5. The van der Waals surface area contributed by atoms with Crippen LogP contribution >= 0.6 is 39.1 Å². The average Bonchev–Trinajstić information content (AvgIpc) is 2.85. The van der Waals surface area contributed by atoms with E-state index in [1.165, 1.54) is 0 Å². The van der Waals surface area contributed by atoms with Crippen LogP contribution in [0.5, 0.6) is 0 Å². The van der Waals surface area contributed by atoms with Gasteiger partial charge in [-0.1, -0.05) is 51.3 Å². The first kappa shape index (κ1) is 19.0. The molecule has 0 saturated heterocycles. The lowest BCUT2D eigenvalue weighted by Crippen LogP contribution is -2.13. The summed E-state index contributed by atoms with van der Waals surface area (Å²) in [5, 5.41) is 8.52. The number of carbonyl (C=O) groups excluding carboxylic acids is 1. The van der Waals surface area contributed by atoms with Crippen LogP contribution in [-0.2, 0) is 6.54 Å². The number of hydrogen-bond donors (Lipinski definition) is 1. The molecule has 0 atom stereocenters. The fourth-order valence-corrected chi connectivity index (χ4v) is 3.38. The van der Waals surface area contributed by atoms with Gasteiger partial charge >= 0.3 is 0 Å². The van der Waals surface area contributed by atoms with Crippen molar-refractivity contribution in [1.29, 1.82) is 0 Å². The lowest BCUT2D eigenvalue weighted by molar-refractivity contribution is 0.102. The van der Waals surface area contributed by atoms with Crippen molar-refractivity contribution in [3.8, 4) is 0 Å². The quantitative estimate of drug-likeness (QED) is 0.538. The zero-order chi connectivity index (χ0) is 18.8. The molecule has 7 heteroatoms. The van der Waals surface area contributed by atoms with Gasteiger partial charge in [-0.05, 0) is 49.7 Å². The molecular formula is C19H16BrCl2N3O. The smallest absolute Gasteiger partial charge is 0.255 e. The molecule has 2 aromatic carbocycles. The van der Waals surface area contributed by atoms with Crippen molar-refractivity contribution in [2.75, 3.05) is 5.32 Å². The first-order valence-electron chi connectivity index (χ1n) is 7.90. The molecule has 1 heterocycles. The number of anilines is 1. The van der Waals surface area contributed by atoms with E-state index in [9.17, 15) is 4.79 Å². The van der Waals surface area contributed by atoms with Crippen molar-refractivity contribution in [3.05, 3.63) is 79.5 Å². The number of amides is 1. The summed E-state index contributed by atoms with van der Waals surface area (Å²) in [6.45, 7) is 4.33. The molecule has 0 aliphatic rings. The number of aromatic nitrogens is 2. The Bertz CT molecular complexity index is 985. The molecule has 3 rings (SSSR count). The highest BCUT2D eigenvalue weighted by molar-refractivity contribution is 9.10. The minimum absolute atomic E-state index is 0.174. The molecule has 4 nitrogen and oxygen atoms in total. The maximum atomic E-state index is 12.5. The van der Waals surface area contributed by atoms with Gasteiger partial charge in [0.05, 0.1) is 33.7 Å². The van der Waals surface area contributed by atoms with Gasteiger partial charge in [-0.3, -0.25) is 9.48 Å². The second-order valence-corrected chi connectivity index (χ2v) is 7.65. The van der Waals surface area contributed by atoms with Crippen LogP contribution in [0.15, 0.2) is 46.9 Å². The summed E-state index contributed by atoms with van der Waals surface area (Å²) in [5.74, 6) is -0.174. The Morgan fingerprint density at radius 3 is 2.62 bits per heavy atom. The Morgan fingerprint density at radius 2 is 1.92 bits per heavy atom. The van der Waals surface area contributed by atoms with E-state index < -0.39 is 0 Å². The Labute approximate surface area is 170 Å². The molecule has 0 aliphatic heterocycles. The zero-order valence-electron chi connectivity index (χ0n) is 14.2. The highest BCUT2D eigenvalue weighted by Crippen LogP contribution is 2.25. The standard InChI is InChI=1S/C19H16BrCl2N3O/c1-11-18(23-19(26)14-4-3-5-15(20)9-14)12(2)25(24-11)10-13-6-7-16(21)17(22)8-13/h3-9H,10H2,1-2H3,(H,23,26). The van der Waals surface area contributed by atoms with Gasteiger partial charge in [0.25, 0.3) is 5.91 Å². The Balaban J connectivity index is 1.83. The van der Waals surface area contributed by atoms with Crippen molar-refractivity contribution < 1.29 is 4.79 Å². The second kappa shape index (κ2) is 7.82. The molecule has 1 aromatic heterocycles. The van der Waals surface area contributed by atoms with Crippen molar-refractivity contribution in [2.45, 2.75) is 20.4 Å². The molecule has 134 valence electrons. The highest BCUT2D eigenvalue weighted by atomic mass is 79.9. The van der Waals surface area contributed by atoms with Gasteiger partial charge in [0.1, 0.15) is 0 Å². The molecule has 0 saturated carbocycles. The fourth-order valence-electron chi connectivity index (χ4n) is 2.66. The van der Waals surface area contributed by atoms with E-state index in [1.54, 1.807) is 18.2 Å². The maximum Gasteiger partial charge on any atom is 0.255 e. The molecule has 0 unspecified atom stereocenters. The Hall–Kier alpha value is -1.82. The van der Waals surface area contributed by atoms with E-state index in [0.717, 1.165) is 27.1 Å². The molecule has 26 heavy (non-hydrogen) atoms. The molecule has 0 fully saturated rings. The topological polar surface area (TPSA) is 46.9 Å². The molecule has 0 bridgehead atoms. The number of nitrogens with zero attached hydrogens (tertiary/aromatic N) is 2. The molecule has 0 spiro atoms. The maximum absolute atomic E-state index is 12.5. The van der Waals surface area contributed by atoms with Crippen LogP contribution in [0.3, 0.4) is 0 Å². The molecule has 3 aromatic rings. The number of carbonyl (C=O) groups is 1. The van der Waals surface area contributed by atoms with Gasteiger partial charge in [-0.15, -0.1) is 0 Å². The lowest BCUT2D eigenvalue weighted by atomic mass is 10.2. The van der Waals surface area contributed by atoms with Crippen LogP contribution in [0.25, 0.3) is 0 Å². The van der Waals surface area contributed by atoms with Gasteiger partial charge in [0.15, 0.2) is 0 Å². The van der Waals surface area contributed by atoms with Gasteiger partial charge in [0.2, 0.25) is 0 Å². The number of rotatable bonds is 4.